The Balaban J connectivity index is 3.03. The molecular formula is C9H13F3N2O3S. The minimum absolute atomic E-state index is 0.0269. The Morgan fingerprint density at radius 1 is 1.39 bits per heavy atom. The smallest absolute Gasteiger partial charge is 0.402 e. The number of sulfonamides is 1. The zero-order valence-corrected chi connectivity index (χ0v) is 10.4. The molecule has 0 spiro atoms. The fourth-order valence-corrected chi connectivity index (χ4v) is 2.66. The van der Waals surface area contributed by atoms with Gasteiger partial charge in [0.2, 0.25) is 5.09 Å². The molecule has 1 aromatic rings. The van der Waals surface area contributed by atoms with Gasteiger partial charge in [0.05, 0.1) is 6.54 Å². The predicted octanol–water partition coefficient (Wildman–Crippen LogP) is 1.31. The van der Waals surface area contributed by atoms with Crippen LogP contribution in [0.3, 0.4) is 0 Å². The summed E-state index contributed by atoms with van der Waals surface area (Å²) >= 11 is 0. The van der Waals surface area contributed by atoms with E-state index in [2.05, 4.69) is 0 Å². The van der Waals surface area contributed by atoms with E-state index in [1.807, 2.05) is 0 Å². The summed E-state index contributed by atoms with van der Waals surface area (Å²) in [6.07, 6.45) is -4.60. The lowest BCUT2D eigenvalue weighted by Crippen LogP contribution is -2.38. The lowest BCUT2D eigenvalue weighted by Gasteiger charge is -2.20. The first-order valence-electron chi connectivity index (χ1n) is 5.06. The predicted molar refractivity (Wildman–Crippen MR) is 57.1 cm³/mol. The van der Waals surface area contributed by atoms with Gasteiger partial charge in [-0.15, -0.1) is 0 Å². The van der Waals surface area contributed by atoms with Crippen molar-refractivity contribution in [2.45, 2.75) is 24.7 Å². The molecule has 18 heavy (non-hydrogen) atoms. The number of alkyl halides is 3. The first kappa shape index (κ1) is 15.0. The van der Waals surface area contributed by atoms with Crippen LogP contribution in [0.2, 0.25) is 0 Å². The molecule has 0 aliphatic rings. The number of hydrogen-bond acceptors (Lipinski definition) is 4. The van der Waals surface area contributed by atoms with Crippen LogP contribution in [-0.4, -0.2) is 32.0 Å². The molecule has 0 aliphatic carbocycles. The summed E-state index contributed by atoms with van der Waals surface area (Å²) in [5.74, 6) is 0.191. The van der Waals surface area contributed by atoms with Crippen molar-refractivity contribution in [3.8, 4) is 0 Å². The van der Waals surface area contributed by atoms with Gasteiger partial charge in [0.25, 0.3) is 10.0 Å². The summed E-state index contributed by atoms with van der Waals surface area (Å²) in [4.78, 5) is 0. The zero-order valence-electron chi connectivity index (χ0n) is 9.57. The van der Waals surface area contributed by atoms with Crippen molar-refractivity contribution in [3.63, 3.8) is 0 Å². The molecule has 0 aromatic carbocycles. The molecule has 0 unspecified atom stereocenters. The van der Waals surface area contributed by atoms with Crippen LogP contribution in [0, 0.1) is 0 Å². The highest BCUT2D eigenvalue weighted by atomic mass is 32.2. The molecule has 0 atom stereocenters. The summed E-state index contributed by atoms with van der Waals surface area (Å²) in [7, 11) is -4.28. The first-order valence-corrected chi connectivity index (χ1v) is 6.50. The molecule has 0 fully saturated rings. The van der Waals surface area contributed by atoms with Crippen LogP contribution in [-0.2, 0) is 16.6 Å². The van der Waals surface area contributed by atoms with Crippen molar-refractivity contribution in [3.05, 3.63) is 17.9 Å². The minimum atomic E-state index is -4.60. The number of nitrogens with two attached hydrogens (primary N) is 1. The van der Waals surface area contributed by atoms with E-state index < -0.39 is 27.8 Å². The second-order valence-electron chi connectivity index (χ2n) is 3.47. The van der Waals surface area contributed by atoms with E-state index >= 15 is 0 Å². The molecule has 1 aromatic heterocycles. The maximum absolute atomic E-state index is 12.3. The van der Waals surface area contributed by atoms with Gasteiger partial charge < -0.3 is 10.2 Å². The number of hydrogen-bond donors (Lipinski definition) is 1. The van der Waals surface area contributed by atoms with E-state index in [1.165, 1.54) is 13.0 Å². The van der Waals surface area contributed by atoms with E-state index in [4.69, 9.17) is 10.2 Å². The van der Waals surface area contributed by atoms with Gasteiger partial charge in [-0.2, -0.15) is 17.5 Å². The van der Waals surface area contributed by atoms with Gasteiger partial charge in [-0.25, -0.2) is 8.42 Å². The molecule has 0 saturated heterocycles. The Morgan fingerprint density at radius 2 is 2.00 bits per heavy atom. The Kier molecular flexibility index (Phi) is 4.41. The van der Waals surface area contributed by atoms with Gasteiger partial charge in [-0.1, -0.05) is 6.92 Å². The maximum atomic E-state index is 12.3. The van der Waals surface area contributed by atoms with Crippen LogP contribution in [0.15, 0.2) is 21.6 Å². The quantitative estimate of drug-likeness (QED) is 0.885. The molecule has 9 heteroatoms. The molecule has 0 saturated carbocycles. The molecule has 0 aliphatic heterocycles. The van der Waals surface area contributed by atoms with E-state index in [0.717, 1.165) is 6.07 Å². The fraction of sp³-hybridized carbons (Fsp3) is 0.556. The zero-order chi connectivity index (χ0) is 14.0. The fourth-order valence-electron chi connectivity index (χ4n) is 1.30. The van der Waals surface area contributed by atoms with Gasteiger partial charge in [-0.05, 0) is 12.1 Å². The summed E-state index contributed by atoms with van der Waals surface area (Å²) in [6, 6.07) is 2.41. The summed E-state index contributed by atoms with van der Waals surface area (Å²) in [6.45, 7) is -0.567. The van der Waals surface area contributed by atoms with E-state index in [0.29, 0.717) is 4.31 Å². The number of halogens is 3. The van der Waals surface area contributed by atoms with Crippen molar-refractivity contribution in [2.24, 2.45) is 5.73 Å². The molecule has 0 amide bonds. The van der Waals surface area contributed by atoms with E-state index in [9.17, 15) is 21.6 Å². The Hall–Kier alpha value is -1.06. The number of rotatable bonds is 5. The third-order valence-electron chi connectivity index (χ3n) is 2.14. The first-order chi connectivity index (χ1) is 8.20. The molecule has 104 valence electrons. The molecule has 1 rings (SSSR count). The normalized spacial score (nSPS) is 13.2. The largest absolute Gasteiger partial charge is 0.447 e. The summed E-state index contributed by atoms with van der Waals surface area (Å²) in [5, 5.41) is -0.533. The van der Waals surface area contributed by atoms with Crippen molar-refractivity contribution in [1.29, 1.82) is 0 Å². The second kappa shape index (κ2) is 5.29. The van der Waals surface area contributed by atoms with E-state index in [-0.39, 0.29) is 18.8 Å². The standard InChI is InChI=1S/C9H13F3N2O3S/c1-2-14(6-9(10,11)12)18(15,16)8-4-3-7(5-13)17-8/h3-4H,2,5-6,13H2,1H3. The van der Waals surface area contributed by atoms with Gasteiger partial charge >= 0.3 is 6.18 Å². The van der Waals surface area contributed by atoms with Crippen LogP contribution in [0.5, 0.6) is 0 Å². The second-order valence-corrected chi connectivity index (χ2v) is 5.34. The summed E-state index contributed by atoms with van der Waals surface area (Å²) in [5.41, 5.74) is 5.23. The number of nitrogens with zero attached hydrogens (tertiary/aromatic N) is 1. The van der Waals surface area contributed by atoms with Gasteiger partial charge in [0, 0.05) is 6.54 Å². The highest BCUT2D eigenvalue weighted by Crippen LogP contribution is 2.23. The highest BCUT2D eigenvalue weighted by Gasteiger charge is 2.37. The molecular weight excluding hydrogens is 273 g/mol. The third-order valence-corrected chi connectivity index (χ3v) is 3.94. The van der Waals surface area contributed by atoms with Gasteiger partial charge in [-0.3, -0.25) is 0 Å². The van der Waals surface area contributed by atoms with Crippen molar-refractivity contribution >= 4 is 10.0 Å². The van der Waals surface area contributed by atoms with Crippen LogP contribution < -0.4 is 5.73 Å². The molecule has 2 N–H and O–H groups in total. The average Bonchev–Trinajstić information content (AvgIpc) is 2.73. The monoisotopic (exact) mass is 286 g/mol. The van der Waals surface area contributed by atoms with Gasteiger partial charge in [0.1, 0.15) is 12.3 Å². The molecule has 0 radical (unpaired) electrons. The van der Waals surface area contributed by atoms with Crippen LogP contribution >= 0.6 is 0 Å². The Bertz CT molecular complexity index is 495. The van der Waals surface area contributed by atoms with E-state index in [1.54, 1.807) is 0 Å². The lowest BCUT2D eigenvalue weighted by molar-refractivity contribution is -0.135. The molecule has 0 bridgehead atoms. The topological polar surface area (TPSA) is 76.5 Å². The third kappa shape index (κ3) is 3.47. The van der Waals surface area contributed by atoms with Crippen molar-refractivity contribution < 1.29 is 26.0 Å². The summed E-state index contributed by atoms with van der Waals surface area (Å²) < 4.78 is 65.7. The average molecular weight is 286 g/mol. The van der Waals surface area contributed by atoms with Crippen LogP contribution in [0.25, 0.3) is 0 Å². The number of furan rings is 1. The highest BCUT2D eigenvalue weighted by molar-refractivity contribution is 7.89. The van der Waals surface area contributed by atoms with Crippen LogP contribution in [0.1, 0.15) is 12.7 Å². The van der Waals surface area contributed by atoms with Crippen molar-refractivity contribution in [2.75, 3.05) is 13.1 Å². The Labute approximate surface area is 102 Å². The van der Waals surface area contributed by atoms with Crippen molar-refractivity contribution in [1.82, 2.24) is 4.31 Å². The minimum Gasteiger partial charge on any atom is -0.447 e. The Morgan fingerprint density at radius 3 is 2.39 bits per heavy atom. The maximum Gasteiger partial charge on any atom is 0.402 e. The molecule has 5 nitrogen and oxygen atoms in total. The van der Waals surface area contributed by atoms with Crippen LogP contribution in [0.4, 0.5) is 13.2 Å². The molecule has 1 heterocycles. The van der Waals surface area contributed by atoms with Gasteiger partial charge in [0.15, 0.2) is 0 Å². The SMILES string of the molecule is CCN(CC(F)(F)F)S(=O)(=O)c1ccc(CN)o1. The lowest BCUT2D eigenvalue weighted by atomic mass is 10.5.